The van der Waals surface area contributed by atoms with Gasteiger partial charge in [-0.15, -0.1) is 0 Å². The summed E-state index contributed by atoms with van der Waals surface area (Å²) in [7, 11) is 1.65. The van der Waals surface area contributed by atoms with Crippen molar-refractivity contribution in [2.75, 3.05) is 20.1 Å². The second-order valence-corrected chi connectivity index (χ2v) is 5.27. The summed E-state index contributed by atoms with van der Waals surface area (Å²) in [6.07, 6.45) is 1.21. The molecule has 0 unspecified atom stereocenters. The summed E-state index contributed by atoms with van der Waals surface area (Å²) in [6, 6.07) is 7.08. The van der Waals surface area contributed by atoms with E-state index < -0.39 is 6.10 Å². The SMILES string of the molecule is CNC(=O)[C@H]1CCCN1C[C@@H](O)c1cccc(Cl)c1. The van der Waals surface area contributed by atoms with Gasteiger partial charge < -0.3 is 10.4 Å². The zero-order valence-electron chi connectivity index (χ0n) is 11.0. The molecular formula is C14H19ClN2O2. The zero-order chi connectivity index (χ0) is 13.8. The average Bonchev–Trinajstić information content (AvgIpc) is 2.86. The molecule has 2 N–H and O–H groups in total. The molecule has 1 heterocycles. The van der Waals surface area contributed by atoms with E-state index in [4.69, 9.17) is 11.6 Å². The van der Waals surface area contributed by atoms with Crippen molar-refractivity contribution in [3.63, 3.8) is 0 Å². The van der Waals surface area contributed by atoms with E-state index in [1.54, 1.807) is 19.2 Å². The number of halogens is 1. The van der Waals surface area contributed by atoms with E-state index in [0.717, 1.165) is 24.9 Å². The van der Waals surface area contributed by atoms with Crippen LogP contribution in [-0.4, -0.2) is 42.1 Å². The lowest BCUT2D eigenvalue weighted by Gasteiger charge is -2.25. The number of amides is 1. The highest BCUT2D eigenvalue weighted by atomic mass is 35.5. The Morgan fingerprint density at radius 3 is 3.11 bits per heavy atom. The predicted molar refractivity (Wildman–Crippen MR) is 75.1 cm³/mol. The van der Waals surface area contributed by atoms with Gasteiger partial charge in [0.25, 0.3) is 0 Å². The van der Waals surface area contributed by atoms with Gasteiger partial charge in [-0.1, -0.05) is 23.7 Å². The first-order valence-corrected chi connectivity index (χ1v) is 6.89. The summed E-state index contributed by atoms with van der Waals surface area (Å²) in [5.74, 6) is 0.0239. The molecule has 1 aliphatic rings. The number of rotatable bonds is 4. The molecule has 0 saturated carbocycles. The first-order valence-electron chi connectivity index (χ1n) is 6.51. The standard InChI is InChI=1S/C14H19ClN2O2/c1-16-14(19)12-6-3-7-17(12)9-13(18)10-4-2-5-11(15)8-10/h2,4-5,8,12-13,18H,3,6-7,9H2,1H3,(H,16,19)/t12-,13-/m1/s1. The van der Waals surface area contributed by atoms with Crippen LogP contribution in [0.3, 0.4) is 0 Å². The monoisotopic (exact) mass is 282 g/mol. The van der Waals surface area contributed by atoms with Gasteiger partial charge in [-0.25, -0.2) is 0 Å². The number of nitrogens with zero attached hydrogens (tertiary/aromatic N) is 1. The molecular weight excluding hydrogens is 264 g/mol. The number of aliphatic hydroxyl groups excluding tert-OH is 1. The molecule has 4 nitrogen and oxygen atoms in total. The summed E-state index contributed by atoms with van der Waals surface area (Å²) in [5, 5.41) is 13.5. The minimum absolute atomic E-state index is 0.0239. The Balaban J connectivity index is 2.02. The highest BCUT2D eigenvalue weighted by Gasteiger charge is 2.31. The second-order valence-electron chi connectivity index (χ2n) is 4.84. The number of likely N-dealkylation sites (N-methyl/N-ethyl adjacent to an activating group) is 1. The molecule has 2 atom stereocenters. The molecule has 0 radical (unpaired) electrons. The van der Waals surface area contributed by atoms with Gasteiger partial charge in [0, 0.05) is 18.6 Å². The summed E-state index contributed by atoms with van der Waals surface area (Å²) in [4.78, 5) is 13.8. The largest absolute Gasteiger partial charge is 0.387 e. The third-order valence-electron chi connectivity index (χ3n) is 3.55. The van der Waals surface area contributed by atoms with Gasteiger partial charge in [0.1, 0.15) is 0 Å². The van der Waals surface area contributed by atoms with Crippen LogP contribution in [0.25, 0.3) is 0 Å². The fourth-order valence-electron chi connectivity index (χ4n) is 2.55. The summed E-state index contributed by atoms with van der Waals surface area (Å²) >= 11 is 5.92. The fourth-order valence-corrected chi connectivity index (χ4v) is 2.75. The van der Waals surface area contributed by atoms with Crippen LogP contribution in [-0.2, 0) is 4.79 Å². The summed E-state index contributed by atoms with van der Waals surface area (Å²) in [6.45, 7) is 1.30. The number of hydrogen-bond acceptors (Lipinski definition) is 3. The summed E-state index contributed by atoms with van der Waals surface area (Å²) in [5.41, 5.74) is 0.787. The van der Waals surface area contributed by atoms with E-state index in [1.165, 1.54) is 0 Å². The van der Waals surface area contributed by atoms with Crippen molar-refractivity contribution in [2.24, 2.45) is 0 Å². The van der Waals surface area contributed by atoms with Crippen molar-refractivity contribution in [1.82, 2.24) is 10.2 Å². The van der Waals surface area contributed by atoms with Gasteiger partial charge in [-0.05, 0) is 37.1 Å². The molecule has 1 amide bonds. The van der Waals surface area contributed by atoms with Crippen molar-refractivity contribution in [2.45, 2.75) is 25.0 Å². The number of carbonyl (C=O) groups excluding carboxylic acids is 1. The molecule has 1 fully saturated rings. The Bertz CT molecular complexity index is 453. The Kier molecular flexibility index (Phi) is 4.80. The topological polar surface area (TPSA) is 52.6 Å². The number of likely N-dealkylation sites (tertiary alicyclic amines) is 1. The Morgan fingerprint density at radius 2 is 2.42 bits per heavy atom. The number of nitrogens with one attached hydrogen (secondary N) is 1. The van der Waals surface area contributed by atoms with Crippen molar-refractivity contribution < 1.29 is 9.90 Å². The van der Waals surface area contributed by atoms with E-state index >= 15 is 0 Å². The number of benzene rings is 1. The lowest BCUT2D eigenvalue weighted by atomic mass is 10.1. The van der Waals surface area contributed by atoms with E-state index in [2.05, 4.69) is 5.32 Å². The maximum Gasteiger partial charge on any atom is 0.237 e. The number of β-amino-alcohol motifs (C(OH)–C–C–N with tert-alkyl or cyclic N) is 1. The van der Waals surface area contributed by atoms with Gasteiger partial charge in [-0.2, -0.15) is 0 Å². The van der Waals surface area contributed by atoms with Crippen LogP contribution in [0.1, 0.15) is 24.5 Å². The molecule has 2 rings (SSSR count). The van der Waals surface area contributed by atoms with Crippen LogP contribution < -0.4 is 5.32 Å². The molecule has 19 heavy (non-hydrogen) atoms. The quantitative estimate of drug-likeness (QED) is 0.882. The van der Waals surface area contributed by atoms with E-state index in [-0.39, 0.29) is 11.9 Å². The highest BCUT2D eigenvalue weighted by molar-refractivity contribution is 6.30. The van der Waals surface area contributed by atoms with Gasteiger partial charge >= 0.3 is 0 Å². The van der Waals surface area contributed by atoms with Crippen LogP contribution in [0, 0.1) is 0 Å². The van der Waals surface area contributed by atoms with Crippen molar-refractivity contribution >= 4 is 17.5 Å². The van der Waals surface area contributed by atoms with Gasteiger partial charge in [0.15, 0.2) is 0 Å². The third kappa shape index (κ3) is 3.47. The number of carbonyl (C=O) groups is 1. The van der Waals surface area contributed by atoms with Crippen molar-refractivity contribution in [3.8, 4) is 0 Å². The Labute approximate surface area is 118 Å². The van der Waals surface area contributed by atoms with Crippen LogP contribution in [0.5, 0.6) is 0 Å². The maximum absolute atomic E-state index is 11.7. The molecule has 1 saturated heterocycles. The highest BCUT2D eigenvalue weighted by Crippen LogP contribution is 2.23. The van der Waals surface area contributed by atoms with Crippen LogP contribution in [0.15, 0.2) is 24.3 Å². The molecule has 0 aromatic heterocycles. The van der Waals surface area contributed by atoms with Crippen molar-refractivity contribution in [3.05, 3.63) is 34.9 Å². The van der Waals surface area contributed by atoms with Gasteiger partial charge in [-0.3, -0.25) is 9.69 Å². The minimum Gasteiger partial charge on any atom is -0.387 e. The first kappa shape index (κ1) is 14.3. The molecule has 5 heteroatoms. The maximum atomic E-state index is 11.7. The molecule has 1 aliphatic heterocycles. The normalized spacial score (nSPS) is 21.3. The third-order valence-corrected chi connectivity index (χ3v) is 3.79. The molecule has 104 valence electrons. The Morgan fingerprint density at radius 1 is 1.63 bits per heavy atom. The number of hydrogen-bond donors (Lipinski definition) is 2. The van der Waals surface area contributed by atoms with Gasteiger partial charge in [0.2, 0.25) is 5.91 Å². The molecule has 1 aromatic carbocycles. The van der Waals surface area contributed by atoms with E-state index in [1.807, 2.05) is 17.0 Å². The van der Waals surface area contributed by atoms with E-state index in [9.17, 15) is 9.90 Å². The first-order chi connectivity index (χ1) is 9.11. The van der Waals surface area contributed by atoms with Crippen molar-refractivity contribution in [1.29, 1.82) is 0 Å². The molecule has 0 spiro atoms. The lowest BCUT2D eigenvalue weighted by Crippen LogP contribution is -2.43. The average molecular weight is 283 g/mol. The summed E-state index contributed by atoms with van der Waals surface area (Å²) < 4.78 is 0. The minimum atomic E-state index is -0.621. The van der Waals surface area contributed by atoms with Crippen LogP contribution in [0.4, 0.5) is 0 Å². The fraction of sp³-hybridized carbons (Fsp3) is 0.500. The van der Waals surface area contributed by atoms with Crippen LogP contribution in [0.2, 0.25) is 5.02 Å². The zero-order valence-corrected chi connectivity index (χ0v) is 11.7. The van der Waals surface area contributed by atoms with Gasteiger partial charge in [0.05, 0.1) is 12.1 Å². The smallest absolute Gasteiger partial charge is 0.237 e. The number of aliphatic hydroxyl groups is 1. The Hall–Kier alpha value is -1.10. The predicted octanol–water partition coefficient (Wildman–Crippen LogP) is 1.58. The van der Waals surface area contributed by atoms with E-state index in [0.29, 0.717) is 11.6 Å². The molecule has 0 bridgehead atoms. The lowest BCUT2D eigenvalue weighted by molar-refractivity contribution is -0.125. The second kappa shape index (κ2) is 6.37. The van der Waals surface area contributed by atoms with Crippen LogP contribution >= 0.6 is 11.6 Å². The molecule has 0 aliphatic carbocycles. The molecule has 1 aromatic rings.